The maximum Gasteiger partial charge on any atom is 0.312 e. The van der Waals surface area contributed by atoms with Gasteiger partial charge >= 0.3 is 6.03 Å². The molecule has 1 saturated heterocycles. The molecule has 3 rings (SSSR count). The van der Waals surface area contributed by atoms with E-state index in [1.54, 1.807) is 41.3 Å². The summed E-state index contributed by atoms with van der Waals surface area (Å²) in [6.07, 6.45) is 0. The lowest BCUT2D eigenvalue weighted by atomic mass is 10.1. The van der Waals surface area contributed by atoms with Crippen molar-refractivity contribution >= 4 is 23.4 Å². The number of carbonyl (C=O) groups excluding carboxylic acids is 3. The van der Waals surface area contributed by atoms with Crippen LogP contribution in [0.4, 0.5) is 14.9 Å². The van der Waals surface area contributed by atoms with E-state index in [1.807, 2.05) is 4.90 Å². The summed E-state index contributed by atoms with van der Waals surface area (Å²) < 4.78 is 14.4. The zero-order valence-electron chi connectivity index (χ0n) is 16.2. The molecule has 0 bridgehead atoms. The van der Waals surface area contributed by atoms with Gasteiger partial charge in [0.1, 0.15) is 5.82 Å². The molecular weight excluding hydrogens is 375 g/mol. The van der Waals surface area contributed by atoms with Crippen LogP contribution >= 0.6 is 0 Å². The van der Waals surface area contributed by atoms with Crippen LogP contribution in [0.2, 0.25) is 0 Å². The molecular formula is C21H23FN4O3. The van der Waals surface area contributed by atoms with Gasteiger partial charge in [0, 0.05) is 43.9 Å². The van der Waals surface area contributed by atoms with Crippen LogP contribution in [0.5, 0.6) is 0 Å². The van der Waals surface area contributed by atoms with Gasteiger partial charge in [-0.1, -0.05) is 12.1 Å². The first kappa shape index (κ1) is 20.3. The van der Waals surface area contributed by atoms with E-state index in [2.05, 4.69) is 5.32 Å². The van der Waals surface area contributed by atoms with E-state index in [0.29, 0.717) is 49.5 Å². The monoisotopic (exact) mass is 398 g/mol. The predicted molar refractivity (Wildman–Crippen MR) is 107 cm³/mol. The summed E-state index contributed by atoms with van der Waals surface area (Å²) in [6.45, 7) is 3.65. The Morgan fingerprint density at radius 3 is 2.17 bits per heavy atom. The molecule has 1 fully saturated rings. The molecule has 2 aromatic carbocycles. The molecule has 3 N–H and O–H groups in total. The van der Waals surface area contributed by atoms with Crippen LogP contribution in [0.3, 0.4) is 0 Å². The number of halogens is 1. The fourth-order valence-corrected chi connectivity index (χ4v) is 3.27. The predicted octanol–water partition coefficient (Wildman–Crippen LogP) is 2.16. The second-order valence-corrected chi connectivity index (χ2v) is 6.92. The normalized spacial score (nSPS) is 13.9. The summed E-state index contributed by atoms with van der Waals surface area (Å²) in [7, 11) is 0. The highest BCUT2D eigenvalue weighted by Gasteiger charge is 2.24. The maximum absolute atomic E-state index is 14.4. The molecule has 2 aromatic rings. The number of ketones is 1. The number of rotatable bonds is 5. The number of anilines is 1. The number of amides is 3. The lowest BCUT2D eigenvalue weighted by Gasteiger charge is -2.36. The minimum Gasteiger partial charge on any atom is -0.366 e. The highest BCUT2D eigenvalue weighted by Crippen LogP contribution is 2.23. The maximum atomic E-state index is 14.4. The number of hydrogen-bond acceptors (Lipinski definition) is 4. The summed E-state index contributed by atoms with van der Waals surface area (Å²) >= 11 is 0. The number of Topliss-reactive ketones (excluding diaryl/α,β-unsaturated/α-hetero) is 1. The molecule has 0 radical (unpaired) electrons. The van der Waals surface area contributed by atoms with Crippen LogP contribution in [0.15, 0.2) is 42.5 Å². The molecule has 152 valence electrons. The first-order valence-corrected chi connectivity index (χ1v) is 9.32. The third-order valence-electron chi connectivity index (χ3n) is 4.93. The van der Waals surface area contributed by atoms with Crippen LogP contribution in [-0.2, 0) is 6.54 Å². The zero-order valence-corrected chi connectivity index (χ0v) is 16.2. The Hall–Kier alpha value is -3.42. The van der Waals surface area contributed by atoms with Crippen LogP contribution in [0.25, 0.3) is 0 Å². The van der Waals surface area contributed by atoms with Gasteiger partial charge in [-0.25, -0.2) is 9.18 Å². The van der Waals surface area contributed by atoms with E-state index in [9.17, 15) is 18.8 Å². The molecule has 3 amide bonds. The van der Waals surface area contributed by atoms with Gasteiger partial charge in [0.25, 0.3) is 5.91 Å². The lowest BCUT2D eigenvalue weighted by molar-refractivity contribution is 0.0746. The second-order valence-electron chi connectivity index (χ2n) is 6.92. The smallest absolute Gasteiger partial charge is 0.312 e. The van der Waals surface area contributed by atoms with Crippen molar-refractivity contribution in [2.45, 2.75) is 13.5 Å². The average molecular weight is 398 g/mol. The van der Waals surface area contributed by atoms with Gasteiger partial charge in [-0.15, -0.1) is 0 Å². The number of piperazine rings is 1. The van der Waals surface area contributed by atoms with E-state index in [4.69, 9.17) is 5.73 Å². The fourth-order valence-electron chi connectivity index (χ4n) is 3.27. The van der Waals surface area contributed by atoms with Crippen LogP contribution in [-0.4, -0.2) is 48.8 Å². The Bertz CT molecular complexity index is 922. The topological polar surface area (TPSA) is 95.7 Å². The molecule has 0 aromatic heterocycles. The van der Waals surface area contributed by atoms with E-state index < -0.39 is 11.8 Å². The second kappa shape index (κ2) is 8.72. The molecule has 1 aliphatic heterocycles. The number of nitrogens with two attached hydrogens (primary N) is 1. The molecule has 29 heavy (non-hydrogen) atoms. The number of primary amides is 1. The molecule has 0 unspecified atom stereocenters. The standard InChI is InChI=1S/C21H23FN4O3/c1-14(27)17-6-7-19(18(22)12-17)25-8-10-26(11-9-25)20(28)16-4-2-15(3-5-16)13-24-21(23)29/h2-7,12H,8-11,13H2,1H3,(H3,23,24,29). The largest absolute Gasteiger partial charge is 0.366 e. The van der Waals surface area contributed by atoms with Crippen molar-refractivity contribution in [2.24, 2.45) is 5.73 Å². The Kier molecular flexibility index (Phi) is 6.11. The van der Waals surface area contributed by atoms with Crippen molar-refractivity contribution in [3.8, 4) is 0 Å². The van der Waals surface area contributed by atoms with Gasteiger partial charge in [0.2, 0.25) is 0 Å². The van der Waals surface area contributed by atoms with Crippen molar-refractivity contribution in [3.05, 3.63) is 65.0 Å². The zero-order chi connectivity index (χ0) is 21.0. The van der Waals surface area contributed by atoms with Crippen LogP contribution in [0.1, 0.15) is 33.2 Å². The quantitative estimate of drug-likeness (QED) is 0.755. The summed E-state index contributed by atoms with van der Waals surface area (Å²) in [5.41, 5.74) is 7.22. The van der Waals surface area contributed by atoms with Gasteiger partial charge in [0.05, 0.1) is 5.69 Å². The number of benzene rings is 2. The lowest BCUT2D eigenvalue weighted by Crippen LogP contribution is -2.49. The number of urea groups is 1. The Labute approximate surface area is 168 Å². The number of hydrogen-bond donors (Lipinski definition) is 2. The van der Waals surface area contributed by atoms with E-state index in [-0.39, 0.29) is 11.7 Å². The van der Waals surface area contributed by atoms with Crippen molar-refractivity contribution in [1.29, 1.82) is 0 Å². The first-order valence-electron chi connectivity index (χ1n) is 9.32. The minimum absolute atomic E-state index is 0.0912. The molecule has 0 spiro atoms. The Balaban J connectivity index is 1.59. The van der Waals surface area contributed by atoms with Crippen molar-refractivity contribution < 1.29 is 18.8 Å². The SMILES string of the molecule is CC(=O)c1ccc(N2CCN(C(=O)c3ccc(CNC(N)=O)cc3)CC2)c(F)c1. The van der Waals surface area contributed by atoms with Gasteiger partial charge in [0.15, 0.2) is 5.78 Å². The van der Waals surface area contributed by atoms with E-state index in [0.717, 1.165) is 5.56 Å². The summed E-state index contributed by atoms with van der Waals surface area (Å²) in [4.78, 5) is 38.5. The molecule has 0 aliphatic carbocycles. The summed E-state index contributed by atoms with van der Waals surface area (Å²) in [5.74, 6) is -0.702. The molecule has 0 atom stereocenters. The average Bonchev–Trinajstić information content (AvgIpc) is 2.72. The Morgan fingerprint density at radius 2 is 1.62 bits per heavy atom. The Morgan fingerprint density at radius 1 is 1.00 bits per heavy atom. The molecule has 1 aliphatic rings. The first-order chi connectivity index (χ1) is 13.8. The van der Waals surface area contributed by atoms with Gasteiger partial charge in [-0.3, -0.25) is 9.59 Å². The van der Waals surface area contributed by atoms with Crippen LogP contribution < -0.4 is 16.0 Å². The van der Waals surface area contributed by atoms with E-state index in [1.165, 1.54) is 13.0 Å². The number of carbonyl (C=O) groups is 3. The minimum atomic E-state index is -0.601. The molecule has 0 saturated carbocycles. The molecule has 7 nitrogen and oxygen atoms in total. The third kappa shape index (κ3) is 4.90. The highest BCUT2D eigenvalue weighted by molar-refractivity contribution is 5.95. The van der Waals surface area contributed by atoms with Crippen molar-refractivity contribution in [3.63, 3.8) is 0 Å². The summed E-state index contributed by atoms with van der Waals surface area (Å²) in [6, 6.07) is 10.9. The molecule has 1 heterocycles. The van der Waals surface area contributed by atoms with Crippen molar-refractivity contribution in [2.75, 3.05) is 31.1 Å². The fraction of sp³-hybridized carbons (Fsp3) is 0.286. The summed E-state index contributed by atoms with van der Waals surface area (Å²) in [5, 5.41) is 2.50. The van der Waals surface area contributed by atoms with Gasteiger partial charge in [-0.2, -0.15) is 0 Å². The van der Waals surface area contributed by atoms with Gasteiger partial charge in [-0.05, 0) is 42.8 Å². The van der Waals surface area contributed by atoms with E-state index >= 15 is 0 Å². The van der Waals surface area contributed by atoms with Crippen LogP contribution in [0, 0.1) is 5.82 Å². The molecule has 8 heteroatoms. The number of nitrogens with zero attached hydrogens (tertiary/aromatic N) is 2. The highest BCUT2D eigenvalue weighted by atomic mass is 19.1. The third-order valence-corrected chi connectivity index (χ3v) is 4.93. The van der Waals surface area contributed by atoms with Crippen molar-refractivity contribution in [1.82, 2.24) is 10.2 Å². The number of nitrogens with one attached hydrogen (secondary N) is 1. The van der Waals surface area contributed by atoms with Gasteiger partial charge < -0.3 is 20.9 Å².